The van der Waals surface area contributed by atoms with E-state index in [-0.39, 0.29) is 12.3 Å². The number of carbonyl (C=O) groups is 1. The largest absolute Gasteiger partial charge is 0.311 e. The van der Waals surface area contributed by atoms with Gasteiger partial charge in [-0.05, 0) is 19.4 Å². The number of hydrogen-bond acceptors (Lipinski definition) is 3. The van der Waals surface area contributed by atoms with Crippen molar-refractivity contribution in [2.75, 3.05) is 11.4 Å². The van der Waals surface area contributed by atoms with Gasteiger partial charge in [-0.1, -0.05) is 29.8 Å². The van der Waals surface area contributed by atoms with Crippen LogP contribution in [0.2, 0.25) is 0 Å². The van der Waals surface area contributed by atoms with E-state index in [2.05, 4.69) is 4.98 Å². The molecule has 0 aliphatic carbocycles. The quantitative estimate of drug-likeness (QED) is 0.679. The molecule has 0 radical (unpaired) electrons. The molecule has 0 atom stereocenters. The summed E-state index contributed by atoms with van der Waals surface area (Å²) in [6.07, 6.45) is 0.513. The first kappa shape index (κ1) is 16.8. The predicted octanol–water partition coefficient (Wildman–Crippen LogP) is 4.53. The number of aromatic nitrogens is 1. The van der Waals surface area contributed by atoms with E-state index in [0.29, 0.717) is 29.9 Å². The molecule has 0 spiro atoms. The number of nitrogens with zero attached hydrogens (tertiary/aromatic N) is 2. The van der Waals surface area contributed by atoms with Crippen molar-refractivity contribution in [3.05, 3.63) is 70.2 Å². The molecule has 0 N–H and O–H groups in total. The second-order valence-corrected chi connectivity index (χ2v) is 7.23. The summed E-state index contributed by atoms with van der Waals surface area (Å²) in [5, 5.41) is 2.71. The van der Waals surface area contributed by atoms with Gasteiger partial charge in [-0.3, -0.25) is 4.79 Å². The zero-order valence-electron chi connectivity index (χ0n) is 14.1. The first-order chi connectivity index (χ1) is 12.5. The van der Waals surface area contributed by atoms with Gasteiger partial charge < -0.3 is 4.90 Å². The molecule has 0 fully saturated rings. The third-order valence-corrected chi connectivity index (χ3v) is 5.44. The molecule has 1 aliphatic heterocycles. The Bertz CT molecular complexity index is 982. The predicted molar refractivity (Wildman–Crippen MR) is 98.4 cm³/mol. The van der Waals surface area contributed by atoms with Crippen LogP contribution in [-0.4, -0.2) is 17.4 Å². The summed E-state index contributed by atoms with van der Waals surface area (Å²) >= 11 is 1.48. The number of fused-ring (bicyclic) bond motifs is 1. The number of halogens is 2. The van der Waals surface area contributed by atoms with Crippen LogP contribution in [0.1, 0.15) is 16.8 Å². The zero-order valence-corrected chi connectivity index (χ0v) is 14.9. The maximum atomic E-state index is 13.8. The Labute approximate surface area is 153 Å². The average molecular weight is 370 g/mol. The fourth-order valence-corrected chi connectivity index (χ4v) is 3.97. The van der Waals surface area contributed by atoms with E-state index in [1.54, 1.807) is 0 Å². The van der Waals surface area contributed by atoms with Gasteiger partial charge in [0, 0.05) is 29.1 Å². The molecule has 2 heterocycles. The molecule has 1 amide bonds. The molecule has 1 aromatic heterocycles. The third kappa shape index (κ3) is 3.12. The van der Waals surface area contributed by atoms with Crippen LogP contribution in [0.25, 0.3) is 10.6 Å². The minimum Gasteiger partial charge on any atom is -0.311 e. The minimum atomic E-state index is -0.670. The van der Waals surface area contributed by atoms with E-state index in [0.717, 1.165) is 16.6 Å². The Balaban J connectivity index is 1.53. The fraction of sp³-hybridized carbons (Fsp3) is 0.200. The molecular weight excluding hydrogens is 354 g/mol. The first-order valence-corrected chi connectivity index (χ1v) is 9.19. The number of rotatable bonds is 3. The highest BCUT2D eigenvalue weighted by Crippen LogP contribution is 2.32. The van der Waals surface area contributed by atoms with Crippen LogP contribution in [0.4, 0.5) is 14.5 Å². The SMILES string of the molecule is Cc1ccc(-c2nc(CC(=O)N3CCc4c(F)cc(F)cc43)cs2)cc1. The van der Waals surface area contributed by atoms with Crippen LogP contribution in [0.3, 0.4) is 0 Å². The molecular formula is C20H16F2N2OS. The molecule has 0 saturated heterocycles. The Kier molecular flexibility index (Phi) is 4.28. The first-order valence-electron chi connectivity index (χ1n) is 8.31. The van der Waals surface area contributed by atoms with E-state index in [1.165, 1.54) is 27.9 Å². The van der Waals surface area contributed by atoms with Crippen LogP contribution in [0.5, 0.6) is 0 Å². The number of anilines is 1. The maximum absolute atomic E-state index is 13.8. The highest BCUT2D eigenvalue weighted by Gasteiger charge is 2.28. The van der Waals surface area contributed by atoms with Crippen molar-refractivity contribution in [1.82, 2.24) is 4.98 Å². The van der Waals surface area contributed by atoms with Crippen molar-refractivity contribution < 1.29 is 13.6 Å². The van der Waals surface area contributed by atoms with Crippen molar-refractivity contribution in [3.8, 4) is 10.6 Å². The molecule has 0 saturated carbocycles. The molecule has 3 nitrogen and oxygen atoms in total. The van der Waals surface area contributed by atoms with Gasteiger partial charge in [0.25, 0.3) is 0 Å². The lowest BCUT2D eigenvalue weighted by atomic mass is 10.1. The second kappa shape index (κ2) is 6.61. The monoisotopic (exact) mass is 370 g/mol. The number of aryl methyl sites for hydroxylation is 1. The number of hydrogen-bond donors (Lipinski definition) is 0. The van der Waals surface area contributed by atoms with Crippen molar-refractivity contribution >= 4 is 22.9 Å². The second-order valence-electron chi connectivity index (χ2n) is 6.37. The van der Waals surface area contributed by atoms with Crippen molar-refractivity contribution in [2.24, 2.45) is 0 Å². The summed E-state index contributed by atoms with van der Waals surface area (Å²) in [5.41, 5.74) is 3.59. The molecule has 1 aliphatic rings. The van der Waals surface area contributed by atoms with E-state index in [4.69, 9.17) is 0 Å². The number of amides is 1. The van der Waals surface area contributed by atoms with Gasteiger partial charge in [-0.25, -0.2) is 13.8 Å². The summed E-state index contributed by atoms with van der Waals surface area (Å²) in [6, 6.07) is 10.1. The molecule has 26 heavy (non-hydrogen) atoms. The van der Waals surface area contributed by atoms with E-state index in [1.807, 2.05) is 36.6 Å². The lowest BCUT2D eigenvalue weighted by Crippen LogP contribution is -2.30. The van der Waals surface area contributed by atoms with Crippen molar-refractivity contribution in [2.45, 2.75) is 19.8 Å². The van der Waals surface area contributed by atoms with E-state index >= 15 is 0 Å². The summed E-state index contributed by atoms with van der Waals surface area (Å²) in [4.78, 5) is 18.6. The summed E-state index contributed by atoms with van der Waals surface area (Å²) in [7, 11) is 0. The summed E-state index contributed by atoms with van der Waals surface area (Å²) < 4.78 is 27.4. The minimum absolute atomic E-state index is 0.111. The topological polar surface area (TPSA) is 33.2 Å². The van der Waals surface area contributed by atoms with Gasteiger partial charge in [0.05, 0.1) is 17.8 Å². The molecule has 6 heteroatoms. The highest BCUT2D eigenvalue weighted by molar-refractivity contribution is 7.13. The molecule has 3 aromatic rings. The van der Waals surface area contributed by atoms with Crippen LogP contribution >= 0.6 is 11.3 Å². The van der Waals surface area contributed by atoms with E-state index < -0.39 is 11.6 Å². The molecule has 132 valence electrons. The van der Waals surface area contributed by atoms with Crippen molar-refractivity contribution in [1.29, 1.82) is 0 Å². The Morgan fingerprint density at radius 2 is 2.00 bits per heavy atom. The zero-order chi connectivity index (χ0) is 18.3. The van der Waals surface area contributed by atoms with Gasteiger partial charge in [0.2, 0.25) is 5.91 Å². The van der Waals surface area contributed by atoms with Gasteiger partial charge in [0.15, 0.2) is 0 Å². The average Bonchev–Trinajstić information content (AvgIpc) is 3.22. The van der Waals surface area contributed by atoms with Crippen LogP contribution in [-0.2, 0) is 17.6 Å². The normalized spacial score (nSPS) is 13.1. The smallest absolute Gasteiger partial charge is 0.233 e. The lowest BCUT2D eigenvalue weighted by Gasteiger charge is -2.16. The standard InChI is InChI=1S/C20H16F2N2OS/c1-12-2-4-13(5-3-12)20-23-15(11-26-20)10-19(25)24-7-6-16-17(22)8-14(21)9-18(16)24/h2-5,8-9,11H,6-7,10H2,1H3. The summed E-state index contributed by atoms with van der Waals surface area (Å²) in [5.74, 6) is -1.46. The Morgan fingerprint density at radius 3 is 2.77 bits per heavy atom. The Morgan fingerprint density at radius 1 is 1.23 bits per heavy atom. The third-order valence-electron chi connectivity index (χ3n) is 4.50. The van der Waals surface area contributed by atoms with Gasteiger partial charge in [-0.15, -0.1) is 11.3 Å². The van der Waals surface area contributed by atoms with Gasteiger partial charge in [0.1, 0.15) is 16.6 Å². The fourth-order valence-electron chi connectivity index (χ4n) is 3.15. The lowest BCUT2D eigenvalue weighted by molar-refractivity contribution is -0.117. The van der Waals surface area contributed by atoms with E-state index in [9.17, 15) is 13.6 Å². The van der Waals surface area contributed by atoms with Crippen LogP contribution < -0.4 is 4.90 Å². The summed E-state index contributed by atoms with van der Waals surface area (Å²) in [6.45, 7) is 2.39. The number of benzene rings is 2. The van der Waals surface area contributed by atoms with Gasteiger partial charge >= 0.3 is 0 Å². The van der Waals surface area contributed by atoms with Gasteiger partial charge in [-0.2, -0.15) is 0 Å². The number of carbonyl (C=O) groups excluding carboxylic acids is 1. The highest BCUT2D eigenvalue weighted by atomic mass is 32.1. The van der Waals surface area contributed by atoms with Crippen molar-refractivity contribution in [3.63, 3.8) is 0 Å². The molecule has 0 bridgehead atoms. The van der Waals surface area contributed by atoms with Crippen LogP contribution in [0.15, 0.2) is 41.8 Å². The molecule has 4 rings (SSSR count). The maximum Gasteiger partial charge on any atom is 0.233 e. The number of thiazole rings is 1. The molecule has 0 unspecified atom stereocenters. The Hall–Kier alpha value is -2.60. The van der Waals surface area contributed by atoms with Crippen LogP contribution in [0, 0.1) is 18.6 Å². The molecule has 2 aromatic carbocycles.